The summed E-state index contributed by atoms with van der Waals surface area (Å²) in [4.78, 5) is 25.3. The number of aryl methyl sites for hydroxylation is 1. The second-order valence-corrected chi connectivity index (χ2v) is 10.0. The van der Waals surface area contributed by atoms with Crippen molar-refractivity contribution < 1.29 is 4.79 Å². The van der Waals surface area contributed by atoms with E-state index in [0.717, 1.165) is 55.5 Å². The summed E-state index contributed by atoms with van der Waals surface area (Å²) in [6, 6.07) is 15.3. The first-order valence-corrected chi connectivity index (χ1v) is 12.9. The number of nitrogen functional groups attached to an aromatic ring is 1. The molecule has 0 spiro atoms. The fourth-order valence-corrected chi connectivity index (χ4v) is 5.64. The Morgan fingerprint density at radius 1 is 1.16 bits per heavy atom. The Morgan fingerprint density at radius 2 is 2.00 bits per heavy atom. The van der Waals surface area contributed by atoms with Gasteiger partial charge >= 0.3 is 0 Å². The number of carbonyl (C=O) groups excluding carboxylic acids is 1. The molecule has 4 heterocycles. The molecule has 1 amide bonds. The van der Waals surface area contributed by atoms with E-state index < -0.39 is 0 Å². The van der Waals surface area contributed by atoms with Gasteiger partial charge in [0, 0.05) is 37.4 Å². The van der Waals surface area contributed by atoms with E-state index in [9.17, 15) is 4.79 Å². The van der Waals surface area contributed by atoms with Crippen LogP contribution in [0.5, 0.6) is 0 Å². The smallest absolute Gasteiger partial charge is 0.246 e. The van der Waals surface area contributed by atoms with Gasteiger partial charge in [-0.25, -0.2) is 14.6 Å². The molecule has 188 valence electrons. The van der Waals surface area contributed by atoms with E-state index in [1.54, 1.807) is 0 Å². The number of carbonyl (C=O) groups is 1. The van der Waals surface area contributed by atoms with E-state index in [4.69, 9.17) is 10.8 Å². The van der Waals surface area contributed by atoms with Gasteiger partial charge in [0.25, 0.3) is 0 Å². The number of nitrogens with zero attached hydrogens (tertiary/aromatic N) is 6. The van der Waals surface area contributed by atoms with Crippen LogP contribution in [0.3, 0.4) is 0 Å². The highest BCUT2D eigenvalue weighted by Crippen LogP contribution is 2.35. The molecule has 2 aliphatic rings. The first-order valence-electron chi connectivity index (χ1n) is 12.9. The van der Waals surface area contributed by atoms with Gasteiger partial charge < -0.3 is 15.5 Å². The summed E-state index contributed by atoms with van der Waals surface area (Å²) in [6.45, 7) is 8.99. The highest BCUT2D eigenvalue weighted by Gasteiger charge is 2.28. The molecule has 2 aromatic carbocycles. The minimum absolute atomic E-state index is 0.0150. The van der Waals surface area contributed by atoms with Crippen LogP contribution in [-0.2, 0) is 17.8 Å². The van der Waals surface area contributed by atoms with Gasteiger partial charge in [-0.2, -0.15) is 5.10 Å². The molecule has 37 heavy (non-hydrogen) atoms. The zero-order chi connectivity index (χ0) is 25.5. The van der Waals surface area contributed by atoms with E-state index >= 15 is 0 Å². The van der Waals surface area contributed by atoms with Crippen molar-refractivity contribution in [3.05, 3.63) is 78.1 Å². The molecule has 0 bridgehead atoms. The summed E-state index contributed by atoms with van der Waals surface area (Å²) >= 11 is 0. The van der Waals surface area contributed by atoms with Gasteiger partial charge in [-0.1, -0.05) is 43.0 Å². The van der Waals surface area contributed by atoms with Gasteiger partial charge in [-0.3, -0.25) is 4.79 Å². The topological polar surface area (TPSA) is 93.2 Å². The van der Waals surface area contributed by atoms with Crippen molar-refractivity contribution >= 4 is 28.4 Å². The van der Waals surface area contributed by atoms with Crippen LogP contribution in [-0.4, -0.2) is 50.2 Å². The molecule has 0 radical (unpaired) electrons. The second-order valence-electron chi connectivity index (χ2n) is 10.0. The maximum absolute atomic E-state index is 12.3. The first kappa shape index (κ1) is 23.2. The van der Waals surface area contributed by atoms with Crippen molar-refractivity contribution in [1.82, 2.24) is 24.6 Å². The van der Waals surface area contributed by atoms with Crippen molar-refractivity contribution in [2.45, 2.75) is 38.8 Å². The number of likely N-dealkylation sites (tertiary alicyclic amines) is 1. The average Bonchev–Trinajstić information content (AvgIpc) is 3.51. The molecule has 1 saturated heterocycles. The molecule has 1 fully saturated rings. The SMILES string of the molecule is C=CC(=O)N1CCCC(n2nc(-c3ccc(CN4CCc5ccc(C)cc54)cc3)c3c(N)ncnc32)C1. The number of amides is 1. The largest absolute Gasteiger partial charge is 0.383 e. The standard InChI is InChI=1S/C29H31N7O/c1-3-25(37)35-13-4-5-23(17-35)36-29-26(28(30)31-18-32-29)27(33-36)22-10-7-20(8-11-22)16-34-14-12-21-9-6-19(2)15-24(21)34/h3,6-11,15,18,23H,1,4-5,12-14,16-17H2,2H3,(H2,30,31,32). The highest BCUT2D eigenvalue weighted by atomic mass is 16.2. The van der Waals surface area contributed by atoms with E-state index in [1.807, 2.05) is 9.58 Å². The molecular formula is C29H31N7O. The molecule has 0 aliphatic carbocycles. The van der Waals surface area contributed by atoms with E-state index in [0.29, 0.717) is 18.0 Å². The summed E-state index contributed by atoms with van der Waals surface area (Å²) < 4.78 is 1.93. The summed E-state index contributed by atoms with van der Waals surface area (Å²) in [5.74, 6) is 0.358. The third-order valence-electron chi connectivity index (χ3n) is 7.58. The lowest BCUT2D eigenvalue weighted by Crippen LogP contribution is -2.40. The lowest BCUT2D eigenvalue weighted by Gasteiger charge is -2.32. The van der Waals surface area contributed by atoms with E-state index in [2.05, 4.69) is 70.8 Å². The minimum atomic E-state index is -0.0538. The Hall–Kier alpha value is -4.20. The molecule has 0 saturated carbocycles. The Labute approximate surface area is 216 Å². The Morgan fingerprint density at radius 3 is 2.81 bits per heavy atom. The quantitative estimate of drug-likeness (QED) is 0.417. The lowest BCUT2D eigenvalue weighted by atomic mass is 10.1. The highest BCUT2D eigenvalue weighted by molar-refractivity contribution is 5.98. The van der Waals surface area contributed by atoms with Gasteiger partial charge in [0.1, 0.15) is 17.8 Å². The normalized spacial score (nSPS) is 17.3. The number of hydrogen-bond donors (Lipinski definition) is 1. The Kier molecular flexibility index (Phi) is 5.87. The van der Waals surface area contributed by atoms with Crippen LogP contribution in [0.25, 0.3) is 22.3 Å². The number of rotatable bonds is 5. The first-order chi connectivity index (χ1) is 18.0. The maximum Gasteiger partial charge on any atom is 0.246 e. The van der Waals surface area contributed by atoms with Gasteiger partial charge in [0.05, 0.1) is 11.4 Å². The molecular weight excluding hydrogens is 462 g/mol. The molecule has 4 aromatic rings. The Bertz CT molecular complexity index is 1490. The number of hydrogen-bond acceptors (Lipinski definition) is 6. The third kappa shape index (κ3) is 4.22. The lowest BCUT2D eigenvalue weighted by molar-refractivity contribution is -0.127. The van der Waals surface area contributed by atoms with Gasteiger partial charge in [-0.05, 0) is 55.0 Å². The summed E-state index contributed by atoms with van der Waals surface area (Å²) in [5.41, 5.74) is 14.1. The van der Waals surface area contributed by atoms with Crippen LogP contribution in [0.15, 0.2) is 61.4 Å². The maximum atomic E-state index is 12.3. The van der Waals surface area contributed by atoms with Gasteiger partial charge in [-0.15, -0.1) is 0 Å². The minimum Gasteiger partial charge on any atom is -0.383 e. The van der Waals surface area contributed by atoms with Crippen molar-refractivity contribution in [2.24, 2.45) is 0 Å². The summed E-state index contributed by atoms with van der Waals surface area (Å²) in [6.07, 6.45) is 5.76. The number of fused-ring (bicyclic) bond motifs is 2. The number of nitrogens with two attached hydrogens (primary N) is 1. The predicted molar refractivity (Wildman–Crippen MR) is 146 cm³/mol. The van der Waals surface area contributed by atoms with Crippen LogP contribution in [0.2, 0.25) is 0 Å². The Balaban J connectivity index is 1.30. The number of aromatic nitrogens is 4. The third-order valence-corrected chi connectivity index (χ3v) is 7.58. The molecule has 2 aromatic heterocycles. The van der Waals surface area contributed by atoms with Gasteiger partial charge in [0.2, 0.25) is 5.91 Å². The zero-order valence-corrected chi connectivity index (χ0v) is 21.1. The summed E-state index contributed by atoms with van der Waals surface area (Å²) in [5, 5.41) is 5.75. The molecule has 1 unspecified atom stereocenters. The van der Waals surface area contributed by atoms with Crippen LogP contribution in [0, 0.1) is 6.92 Å². The van der Waals surface area contributed by atoms with Crippen molar-refractivity contribution in [1.29, 1.82) is 0 Å². The molecule has 2 aliphatic heterocycles. The van der Waals surface area contributed by atoms with E-state index in [1.165, 1.54) is 34.8 Å². The van der Waals surface area contributed by atoms with Crippen molar-refractivity contribution in [3.8, 4) is 11.3 Å². The van der Waals surface area contributed by atoms with Crippen LogP contribution in [0.4, 0.5) is 11.5 Å². The second kappa shape index (κ2) is 9.35. The van der Waals surface area contributed by atoms with Crippen LogP contribution < -0.4 is 10.6 Å². The van der Waals surface area contributed by atoms with Crippen molar-refractivity contribution in [2.75, 3.05) is 30.3 Å². The molecule has 8 nitrogen and oxygen atoms in total. The zero-order valence-electron chi connectivity index (χ0n) is 21.1. The fraction of sp³-hybridized carbons (Fsp3) is 0.310. The fourth-order valence-electron chi connectivity index (χ4n) is 5.64. The number of piperidine rings is 1. The number of benzene rings is 2. The van der Waals surface area contributed by atoms with Crippen LogP contribution in [0.1, 0.15) is 35.6 Å². The average molecular weight is 494 g/mol. The molecule has 8 heteroatoms. The predicted octanol–water partition coefficient (Wildman–Crippen LogP) is 4.30. The molecule has 6 rings (SSSR count). The monoisotopic (exact) mass is 493 g/mol. The number of anilines is 2. The van der Waals surface area contributed by atoms with Crippen molar-refractivity contribution in [3.63, 3.8) is 0 Å². The van der Waals surface area contributed by atoms with Crippen LogP contribution >= 0.6 is 0 Å². The van der Waals surface area contributed by atoms with E-state index in [-0.39, 0.29) is 11.9 Å². The summed E-state index contributed by atoms with van der Waals surface area (Å²) in [7, 11) is 0. The molecule has 1 atom stereocenters. The molecule has 2 N–H and O–H groups in total. The van der Waals surface area contributed by atoms with Gasteiger partial charge in [0.15, 0.2) is 5.65 Å².